The molecule has 0 fully saturated rings. The van der Waals surface area contributed by atoms with Crippen LogP contribution in [-0.4, -0.2) is 88.6 Å². The Morgan fingerprint density at radius 3 is 1.86 bits per heavy atom. The second kappa shape index (κ2) is 43.6. The molecule has 0 rings (SSSR count). The monoisotopic (exact) mass is 931 g/mol. The predicted octanol–water partition coefficient (Wildman–Crippen LogP) is 10.8. The molecular weight excluding hydrogens is 844 g/mol. The van der Waals surface area contributed by atoms with E-state index in [9.17, 15) is 28.9 Å². The lowest BCUT2D eigenvalue weighted by Crippen LogP contribution is -2.40. The number of allylic oxidation sites excluding steroid dienone is 7. The molecule has 0 aromatic carbocycles. The van der Waals surface area contributed by atoms with Crippen molar-refractivity contribution >= 4 is 37.5 Å². The molecule has 7 N–H and O–H groups in total. The van der Waals surface area contributed by atoms with Crippen molar-refractivity contribution in [3.05, 3.63) is 48.6 Å². The quantitative estimate of drug-likeness (QED) is 0.0126. The van der Waals surface area contributed by atoms with Crippen molar-refractivity contribution in [2.24, 2.45) is 11.5 Å². The van der Waals surface area contributed by atoms with Gasteiger partial charge < -0.3 is 36.0 Å². The van der Waals surface area contributed by atoms with Crippen LogP contribution in [0.2, 0.25) is 0 Å². The Kier molecular flexibility index (Phi) is 42.0. The van der Waals surface area contributed by atoms with Crippen LogP contribution in [0.4, 0.5) is 0 Å². The summed E-state index contributed by atoms with van der Waals surface area (Å²) in [5.74, 6) is -2.30. The Morgan fingerprint density at radius 2 is 1.27 bits per heavy atom. The number of rotatable bonds is 45. The number of hydrogen-bond donors (Lipinski definition) is 5. The number of esters is 2. The zero-order chi connectivity index (χ0) is 46.7. The average molecular weight is 931 g/mol. The van der Waals surface area contributed by atoms with E-state index >= 15 is 0 Å². The SMILES string of the molecule is CCCCC/C=C\C\C=C/C=C/C=C/[C@@H](SC[C@H](N)C(=O)O[C@H](COC(=O)CCCCCCCCCCCCCCCCCCC)COP(=O)(O)OCCN)[C@@H](O)CCCC(=O)O. The molecule has 0 radical (unpaired) electrons. The van der Waals surface area contributed by atoms with Crippen molar-refractivity contribution < 1.29 is 52.6 Å². The summed E-state index contributed by atoms with van der Waals surface area (Å²) in [5.41, 5.74) is 11.6. The van der Waals surface area contributed by atoms with Gasteiger partial charge in [-0.1, -0.05) is 178 Å². The maximum Gasteiger partial charge on any atom is 0.472 e. The summed E-state index contributed by atoms with van der Waals surface area (Å²) < 4.78 is 33.0. The number of phosphoric ester groups is 1. The highest BCUT2D eigenvalue weighted by Gasteiger charge is 2.28. The molecule has 63 heavy (non-hydrogen) atoms. The number of thioether (sulfide) groups is 1. The van der Waals surface area contributed by atoms with E-state index in [0.29, 0.717) is 6.42 Å². The third-order valence-corrected chi connectivity index (χ3v) is 12.6. The van der Waals surface area contributed by atoms with E-state index in [1.807, 2.05) is 24.3 Å². The molecule has 15 heteroatoms. The van der Waals surface area contributed by atoms with Gasteiger partial charge in [0.1, 0.15) is 12.6 Å². The second-order valence-electron chi connectivity index (χ2n) is 16.2. The first-order chi connectivity index (χ1) is 30.4. The molecule has 0 saturated carbocycles. The van der Waals surface area contributed by atoms with Gasteiger partial charge in [-0.2, -0.15) is 0 Å². The van der Waals surface area contributed by atoms with Gasteiger partial charge >= 0.3 is 25.7 Å². The Bertz CT molecular complexity index is 1300. The minimum absolute atomic E-state index is 0.0167. The molecule has 0 aromatic rings. The van der Waals surface area contributed by atoms with E-state index in [4.69, 9.17) is 35.1 Å². The van der Waals surface area contributed by atoms with Gasteiger partial charge in [-0.3, -0.25) is 23.4 Å². The largest absolute Gasteiger partial charge is 0.481 e. The fraction of sp³-hybridized carbons (Fsp3) is 0.771. The second-order valence-corrected chi connectivity index (χ2v) is 18.9. The zero-order valence-corrected chi connectivity index (χ0v) is 40.7. The highest BCUT2D eigenvalue weighted by atomic mass is 32.2. The third kappa shape index (κ3) is 40.9. The third-order valence-electron chi connectivity index (χ3n) is 10.2. The molecule has 0 aliphatic carbocycles. The fourth-order valence-electron chi connectivity index (χ4n) is 6.47. The van der Waals surface area contributed by atoms with Gasteiger partial charge in [-0.05, 0) is 38.5 Å². The number of aliphatic hydroxyl groups excluding tert-OH is 1. The van der Waals surface area contributed by atoms with Gasteiger partial charge in [-0.25, -0.2) is 4.57 Å². The summed E-state index contributed by atoms with van der Waals surface area (Å²) in [6.45, 7) is 3.14. The van der Waals surface area contributed by atoms with Gasteiger partial charge in [0.25, 0.3) is 0 Å². The molecule has 0 bridgehead atoms. The van der Waals surface area contributed by atoms with Crippen molar-refractivity contribution in [2.75, 3.05) is 32.1 Å². The average Bonchev–Trinajstić information content (AvgIpc) is 3.25. The van der Waals surface area contributed by atoms with Crippen molar-refractivity contribution in [1.29, 1.82) is 0 Å². The van der Waals surface area contributed by atoms with Crippen LogP contribution in [0, 0.1) is 0 Å². The highest BCUT2D eigenvalue weighted by molar-refractivity contribution is 8.00. The zero-order valence-electron chi connectivity index (χ0n) is 39.0. The number of nitrogens with two attached hydrogens (primary N) is 2. The number of hydrogen-bond acceptors (Lipinski definition) is 12. The van der Waals surface area contributed by atoms with Crippen molar-refractivity contribution in [3.8, 4) is 0 Å². The molecule has 0 spiro atoms. The highest BCUT2D eigenvalue weighted by Crippen LogP contribution is 2.43. The van der Waals surface area contributed by atoms with E-state index < -0.39 is 62.4 Å². The van der Waals surface area contributed by atoms with E-state index in [0.717, 1.165) is 32.1 Å². The molecule has 5 atom stereocenters. The summed E-state index contributed by atoms with van der Waals surface area (Å²) >= 11 is 1.20. The molecule has 0 saturated heterocycles. The number of aliphatic carboxylic acids is 1. The molecule has 0 aliphatic rings. The normalized spacial score (nSPS) is 15.0. The standard InChI is InChI=1S/C48H87N2O11PS/c1-3-5-7-9-11-13-15-17-18-19-20-21-23-25-27-29-31-36-47(54)58-39-42(40-60-62(56,57)59-38-37-49)61-48(55)43(50)41-63-45(44(51)33-32-35-46(52)53)34-30-28-26-24-22-16-14-12-10-8-6-4-2/h12,14,22,24,26,28,30,34,42-45,51H,3-11,13,15-21,23,25,27,29,31-33,35-41,49-50H2,1-2H3,(H,52,53)(H,56,57)/b14-12-,24-22-,28-26+,34-30+/t42-,43+,44+,45-/m1/s1. The lowest BCUT2D eigenvalue weighted by atomic mass is 10.0. The van der Waals surface area contributed by atoms with E-state index in [1.165, 1.54) is 114 Å². The smallest absolute Gasteiger partial charge is 0.472 e. The van der Waals surface area contributed by atoms with E-state index in [2.05, 4.69) is 26.0 Å². The van der Waals surface area contributed by atoms with Gasteiger partial charge in [0.05, 0.1) is 19.3 Å². The molecule has 366 valence electrons. The first-order valence-corrected chi connectivity index (χ1v) is 26.6. The summed E-state index contributed by atoms with van der Waals surface area (Å²) in [7, 11) is -4.54. The van der Waals surface area contributed by atoms with Gasteiger partial charge in [0.15, 0.2) is 6.10 Å². The predicted molar refractivity (Wildman–Crippen MR) is 257 cm³/mol. The summed E-state index contributed by atoms with van der Waals surface area (Å²) in [4.78, 5) is 46.8. The molecule has 1 unspecified atom stereocenters. The molecular formula is C48H87N2O11PS. The Balaban J connectivity index is 4.97. The number of unbranched alkanes of at least 4 members (excludes halogenated alkanes) is 19. The van der Waals surface area contributed by atoms with Gasteiger partial charge in [0.2, 0.25) is 0 Å². The van der Waals surface area contributed by atoms with Crippen LogP contribution in [0.1, 0.15) is 181 Å². The maximum absolute atomic E-state index is 13.1. The lowest BCUT2D eigenvalue weighted by Gasteiger charge is -2.23. The first kappa shape index (κ1) is 60.7. The Hall–Kier alpha value is -2.29. The van der Waals surface area contributed by atoms with Crippen LogP contribution in [0.3, 0.4) is 0 Å². The van der Waals surface area contributed by atoms with Crippen LogP contribution in [-0.2, 0) is 37.5 Å². The van der Waals surface area contributed by atoms with Gasteiger partial charge in [0, 0.05) is 30.4 Å². The minimum Gasteiger partial charge on any atom is -0.481 e. The molecule has 0 amide bonds. The Labute approximate surface area is 385 Å². The number of carbonyl (C=O) groups excluding carboxylic acids is 2. The lowest BCUT2D eigenvalue weighted by molar-refractivity contribution is -0.161. The van der Waals surface area contributed by atoms with Crippen molar-refractivity contribution in [1.82, 2.24) is 0 Å². The number of aliphatic hydroxyl groups is 1. The summed E-state index contributed by atoms with van der Waals surface area (Å²) in [6.07, 6.45) is 40.4. The molecule has 0 aliphatic heterocycles. The summed E-state index contributed by atoms with van der Waals surface area (Å²) in [6, 6.07) is -1.19. The van der Waals surface area contributed by atoms with Crippen molar-refractivity contribution in [2.45, 2.75) is 204 Å². The maximum atomic E-state index is 13.1. The summed E-state index contributed by atoms with van der Waals surface area (Å²) in [5, 5.41) is 19.4. The molecule has 0 aromatic heterocycles. The van der Waals surface area contributed by atoms with Crippen LogP contribution < -0.4 is 11.5 Å². The number of carboxylic acid groups (broad SMARTS) is 1. The fourth-order valence-corrected chi connectivity index (χ4v) is 8.36. The minimum atomic E-state index is -4.54. The van der Waals surface area contributed by atoms with Crippen LogP contribution in [0.25, 0.3) is 0 Å². The number of carbonyl (C=O) groups is 3. The Morgan fingerprint density at radius 1 is 0.698 bits per heavy atom. The van der Waals surface area contributed by atoms with Crippen LogP contribution >= 0.6 is 19.6 Å². The molecule has 0 heterocycles. The number of phosphoric acid groups is 1. The number of carboxylic acids is 1. The topological polar surface area (TPSA) is 218 Å². The van der Waals surface area contributed by atoms with Crippen LogP contribution in [0.5, 0.6) is 0 Å². The molecule has 13 nitrogen and oxygen atoms in total. The van der Waals surface area contributed by atoms with Gasteiger partial charge in [-0.15, -0.1) is 11.8 Å². The van der Waals surface area contributed by atoms with Crippen molar-refractivity contribution in [3.63, 3.8) is 0 Å². The first-order valence-electron chi connectivity index (χ1n) is 24.1. The number of ether oxygens (including phenoxy) is 2. The van der Waals surface area contributed by atoms with E-state index in [-0.39, 0.29) is 44.6 Å². The van der Waals surface area contributed by atoms with Crippen LogP contribution in [0.15, 0.2) is 48.6 Å². The van der Waals surface area contributed by atoms with E-state index in [1.54, 1.807) is 12.2 Å².